The van der Waals surface area contributed by atoms with E-state index < -0.39 is 11.4 Å². The van der Waals surface area contributed by atoms with Gasteiger partial charge in [-0.1, -0.05) is 18.2 Å². The highest BCUT2D eigenvalue weighted by Gasteiger charge is 2.32. The maximum Gasteiger partial charge on any atom is 0.309 e. The van der Waals surface area contributed by atoms with E-state index in [1.54, 1.807) is 13.8 Å². The summed E-state index contributed by atoms with van der Waals surface area (Å²) in [4.78, 5) is 11.1. The first kappa shape index (κ1) is 12.0. The van der Waals surface area contributed by atoms with Gasteiger partial charge < -0.3 is 9.84 Å². The van der Waals surface area contributed by atoms with Gasteiger partial charge in [0.2, 0.25) is 0 Å². The van der Waals surface area contributed by atoms with E-state index in [2.05, 4.69) is 6.07 Å². The molecule has 17 heavy (non-hydrogen) atoms. The van der Waals surface area contributed by atoms with Crippen molar-refractivity contribution in [3.63, 3.8) is 0 Å². The molecule has 1 atom stereocenters. The van der Waals surface area contributed by atoms with Crippen molar-refractivity contribution >= 4 is 5.97 Å². The molecule has 0 bridgehead atoms. The second kappa shape index (κ2) is 4.40. The number of para-hydroxylation sites is 1. The summed E-state index contributed by atoms with van der Waals surface area (Å²) in [6.07, 6.45) is 1.56. The number of carboxylic acid groups (broad SMARTS) is 1. The van der Waals surface area contributed by atoms with Crippen LogP contribution in [0.2, 0.25) is 0 Å². The first-order chi connectivity index (χ1) is 7.99. The zero-order chi connectivity index (χ0) is 12.5. The highest BCUT2D eigenvalue weighted by molar-refractivity contribution is 5.73. The molecule has 0 radical (unpaired) electrons. The maximum absolute atomic E-state index is 11.1. The highest BCUT2D eigenvalue weighted by Crippen LogP contribution is 2.33. The van der Waals surface area contributed by atoms with Crippen molar-refractivity contribution in [2.45, 2.75) is 26.7 Å². The minimum Gasteiger partial charge on any atom is -0.493 e. The Morgan fingerprint density at radius 2 is 2.18 bits per heavy atom. The predicted molar refractivity (Wildman–Crippen MR) is 65.2 cm³/mol. The Morgan fingerprint density at radius 1 is 1.47 bits per heavy atom. The molecule has 92 valence electrons. The average molecular weight is 234 g/mol. The zero-order valence-electron chi connectivity index (χ0n) is 10.3. The van der Waals surface area contributed by atoms with Crippen LogP contribution in [0.25, 0.3) is 0 Å². The van der Waals surface area contributed by atoms with Crippen LogP contribution in [0.15, 0.2) is 24.3 Å². The Kier molecular flexibility index (Phi) is 3.09. The summed E-state index contributed by atoms with van der Waals surface area (Å²) >= 11 is 0. The first-order valence-corrected chi connectivity index (χ1v) is 5.93. The van der Waals surface area contributed by atoms with Crippen LogP contribution in [0.4, 0.5) is 0 Å². The molecule has 0 amide bonds. The van der Waals surface area contributed by atoms with E-state index in [1.165, 1.54) is 5.56 Å². The lowest BCUT2D eigenvalue weighted by atomic mass is 9.80. The smallest absolute Gasteiger partial charge is 0.309 e. The summed E-state index contributed by atoms with van der Waals surface area (Å²) < 4.78 is 5.67. The molecule has 0 saturated carbocycles. The molecule has 3 nitrogen and oxygen atoms in total. The molecule has 3 heteroatoms. The van der Waals surface area contributed by atoms with Crippen LogP contribution in [0.5, 0.6) is 5.75 Å². The van der Waals surface area contributed by atoms with Gasteiger partial charge in [-0.2, -0.15) is 0 Å². The van der Waals surface area contributed by atoms with Gasteiger partial charge in [0.15, 0.2) is 0 Å². The Hall–Kier alpha value is -1.51. The van der Waals surface area contributed by atoms with Crippen molar-refractivity contribution in [1.29, 1.82) is 0 Å². The minimum absolute atomic E-state index is 0.288. The van der Waals surface area contributed by atoms with Gasteiger partial charge in [0.25, 0.3) is 0 Å². The molecule has 1 heterocycles. The van der Waals surface area contributed by atoms with Crippen molar-refractivity contribution in [2.75, 3.05) is 6.61 Å². The quantitative estimate of drug-likeness (QED) is 0.874. The van der Waals surface area contributed by atoms with Crippen LogP contribution < -0.4 is 4.74 Å². The SMILES string of the molecule is CC(C)(CC1COc2ccccc2C1)C(=O)O. The lowest BCUT2D eigenvalue weighted by molar-refractivity contribution is -0.148. The molecule has 0 aromatic heterocycles. The van der Waals surface area contributed by atoms with E-state index in [9.17, 15) is 4.79 Å². The normalized spacial score (nSPS) is 19.3. The van der Waals surface area contributed by atoms with Crippen LogP contribution in [0, 0.1) is 11.3 Å². The summed E-state index contributed by atoms with van der Waals surface area (Å²) in [5.74, 6) is 0.490. The molecular weight excluding hydrogens is 216 g/mol. The molecule has 2 rings (SSSR count). The summed E-state index contributed by atoms with van der Waals surface area (Å²) in [6, 6.07) is 7.97. The van der Waals surface area contributed by atoms with Crippen molar-refractivity contribution in [2.24, 2.45) is 11.3 Å². The Morgan fingerprint density at radius 3 is 2.88 bits per heavy atom. The van der Waals surface area contributed by atoms with Gasteiger partial charge >= 0.3 is 5.97 Å². The molecule has 0 spiro atoms. The molecule has 0 fully saturated rings. The lowest BCUT2D eigenvalue weighted by Gasteiger charge is -2.30. The van der Waals surface area contributed by atoms with Crippen LogP contribution >= 0.6 is 0 Å². The fourth-order valence-electron chi connectivity index (χ4n) is 2.33. The van der Waals surface area contributed by atoms with Gasteiger partial charge in [-0.05, 0) is 44.2 Å². The average Bonchev–Trinajstić information content (AvgIpc) is 2.28. The van der Waals surface area contributed by atoms with E-state index in [4.69, 9.17) is 9.84 Å². The number of hydrogen-bond donors (Lipinski definition) is 1. The number of rotatable bonds is 3. The third-order valence-electron chi connectivity index (χ3n) is 3.33. The van der Waals surface area contributed by atoms with E-state index >= 15 is 0 Å². The lowest BCUT2D eigenvalue weighted by Crippen LogP contribution is -2.31. The van der Waals surface area contributed by atoms with E-state index in [0.717, 1.165) is 12.2 Å². The Balaban J connectivity index is 2.06. The molecule has 1 aliphatic rings. The molecule has 1 aromatic carbocycles. The maximum atomic E-state index is 11.1. The predicted octanol–water partition coefficient (Wildman–Crippen LogP) is 2.74. The fraction of sp³-hybridized carbons (Fsp3) is 0.500. The van der Waals surface area contributed by atoms with Crippen LogP contribution in [-0.2, 0) is 11.2 Å². The standard InChI is InChI=1S/C14H18O3/c1-14(2,13(15)16)8-10-7-11-5-3-4-6-12(11)17-9-10/h3-6,10H,7-9H2,1-2H3,(H,15,16). The van der Waals surface area contributed by atoms with Crippen molar-refractivity contribution < 1.29 is 14.6 Å². The number of hydrogen-bond acceptors (Lipinski definition) is 2. The van der Waals surface area contributed by atoms with Crippen LogP contribution in [0.1, 0.15) is 25.8 Å². The van der Waals surface area contributed by atoms with E-state index in [1.807, 2.05) is 18.2 Å². The third-order valence-corrected chi connectivity index (χ3v) is 3.33. The number of ether oxygens (including phenoxy) is 1. The summed E-state index contributed by atoms with van der Waals surface area (Å²) in [5, 5.41) is 9.13. The summed E-state index contributed by atoms with van der Waals surface area (Å²) in [5.41, 5.74) is 0.505. The Bertz CT molecular complexity index is 423. The molecule has 0 aliphatic carbocycles. The van der Waals surface area contributed by atoms with Crippen molar-refractivity contribution in [1.82, 2.24) is 0 Å². The van der Waals surface area contributed by atoms with Gasteiger partial charge in [0.1, 0.15) is 5.75 Å². The summed E-state index contributed by atoms with van der Waals surface area (Å²) in [6.45, 7) is 4.17. The molecule has 1 aliphatic heterocycles. The largest absolute Gasteiger partial charge is 0.493 e. The Labute approximate surface area is 101 Å². The number of carbonyl (C=O) groups is 1. The van der Waals surface area contributed by atoms with Gasteiger partial charge in [-0.25, -0.2) is 0 Å². The number of aliphatic carboxylic acids is 1. The number of fused-ring (bicyclic) bond motifs is 1. The molecule has 0 saturated heterocycles. The van der Waals surface area contributed by atoms with Gasteiger partial charge in [0, 0.05) is 0 Å². The van der Waals surface area contributed by atoms with Crippen molar-refractivity contribution in [3.8, 4) is 5.75 Å². The topological polar surface area (TPSA) is 46.5 Å². The highest BCUT2D eigenvalue weighted by atomic mass is 16.5. The fourth-order valence-corrected chi connectivity index (χ4v) is 2.33. The molecule has 1 N–H and O–H groups in total. The van der Waals surface area contributed by atoms with Gasteiger partial charge in [-0.3, -0.25) is 4.79 Å². The third kappa shape index (κ3) is 2.60. The second-order valence-electron chi connectivity index (χ2n) is 5.38. The molecule has 1 unspecified atom stereocenters. The van der Waals surface area contributed by atoms with Crippen molar-refractivity contribution in [3.05, 3.63) is 29.8 Å². The minimum atomic E-state index is -0.739. The number of benzene rings is 1. The summed E-state index contributed by atoms with van der Waals surface area (Å²) in [7, 11) is 0. The first-order valence-electron chi connectivity index (χ1n) is 5.93. The van der Waals surface area contributed by atoms with Gasteiger partial charge in [0.05, 0.1) is 12.0 Å². The molecular formula is C14H18O3. The van der Waals surface area contributed by atoms with E-state index in [0.29, 0.717) is 13.0 Å². The van der Waals surface area contributed by atoms with Crippen LogP contribution in [-0.4, -0.2) is 17.7 Å². The molecule has 1 aromatic rings. The van der Waals surface area contributed by atoms with E-state index in [-0.39, 0.29) is 5.92 Å². The second-order valence-corrected chi connectivity index (χ2v) is 5.38. The van der Waals surface area contributed by atoms with Crippen LogP contribution in [0.3, 0.4) is 0 Å². The monoisotopic (exact) mass is 234 g/mol. The number of carboxylic acids is 1. The zero-order valence-corrected chi connectivity index (χ0v) is 10.3. The van der Waals surface area contributed by atoms with Gasteiger partial charge in [-0.15, -0.1) is 0 Å².